The van der Waals surface area contributed by atoms with Crippen LogP contribution in [0.3, 0.4) is 0 Å². The molecule has 0 spiro atoms. The molecule has 94 valence electrons. The van der Waals surface area contributed by atoms with Crippen LogP contribution in [0.1, 0.15) is 44.0 Å². The van der Waals surface area contributed by atoms with Crippen molar-refractivity contribution in [3.05, 3.63) is 29.8 Å². The first-order chi connectivity index (χ1) is 8.17. The highest BCUT2D eigenvalue weighted by Gasteiger charge is 2.07. The minimum absolute atomic E-state index is 0.00129. The maximum Gasteiger partial charge on any atom is 0.251 e. The molecule has 1 atom stereocenters. The van der Waals surface area contributed by atoms with E-state index in [1.54, 1.807) is 0 Å². The van der Waals surface area contributed by atoms with Crippen molar-refractivity contribution < 1.29 is 4.79 Å². The van der Waals surface area contributed by atoms with Gasteiger partial charge < -0.3 is 10.6 Å². The molecule has 0 aliphatic heterocycles. The van der Waals surface area contributed by atoms with Crippen molar-refractivity contribution in [2.24, 2.45) is 0 Å². The summed E-state index contributed by atoms with van der Waals surface area (Å²) >= 11 is 0. The molecule has 17 heavy (non-hydrogen) atoms. The van der Waals surface area contributed by atoms with Crippen molar-refractivity contribution in [1.29, 1.82) is 0 Å². The van der Waals surface area contributed by atoms with Crippen LogP contribution in [0.5, 0.6) is 0 Å². The second kappa shape index (κ2) is 6.94. The second-order valence-electron chi connectivity index (χ2n) is 4.29. The summed E-state index contributed by atoms with van der Waals surface area (Å²) in [6, 6.07) is 7.83. The zero-order chi connectivity index (χ0) is 12.7. The minimum Gasteiger partial charge on any atom is -0.385 e. The molecule has 0 aromatic heterocycles. The van der Waals surface area contributed by atoms with Crippen LogP contribution >= 0.6 is 0 Å². The van der Waals surface area contributed by atoms with E-state index >= 15 is 0 Å². The van der Waals surface area contributed by atoms with E-state index in [2.05, 4.69) is 24.5 Å². The van der Waals surface area contributed by atoms with Crippen molar-refractivity contribution in [1.82, 2.24) is 5.32 Å². The fourth-order valence-corrected chi connectivity index (χ4v) is 1.42. The van der Waals surface area contributed by atoms with Gasteiger partial charge in [0.05, 0.1) is 0 Å². The van der Waals surface area contributed by atoms with E-state index in [0.29, 0.717) is 5.56 Å². The van der Waals surface area contributed by atoms with Crippen molar-refractivity contribution in [2.45, 2.75) is 39.7 Å². The molecule has 3 nitrogen and oxygen atoms in total. The Labute approximate surface area is 104 Å². The maximum absolute atomic E-state index is 11.8. The summed E-state index contributed by atoms with van der Waals surface area (Å²) in [5.41, 5.74) is 1.78. The molecule has 1 unspecified atom stereocenters. The van der Waals surface area contributed by atoms with Gasteiger partial charge in [-0.15, -0.1) is 0 Å². The standard InChI is InChI=1S/C14H22N2O/c1-4-10-15-13-8-6-12(7-9-13)14(17)16-11(3)5-2/h6-9,11,15H,4-5,10H2,1-3H3,(H,16,17). The van der Waals surface area contributed by atoms with E-state index in [9.17, 15) is 4.79 Å². The molecule has 1 aromatic rings. The number of hydrogen-bond donors (Lipinski definition) is 2. The summed E-state index contributed by atoms with van der Waals surface area (Å²) in [6.07, 6.45) is 2.04. The van der Waals surface area contributed by atoms with Crippen LogP contribution < -0.4 is 10.6 Å². The predicted octanol–water partition coefficient (Wildman–Crippen LogP) is 3.04. The third-order valence-corrected chi connectivity index (χ3v) is 2.72. The Bertz CT molecular complexity index is 346. The highest BCUT2D eigenvalue weighted by molar-refractivity contribution is 5.94. The topological polar surface area (TPSA) is 41.1 Å². The fraction of sp³-hybridized carbons (Fsp3) is 0.500. The summed E-state index contributed by atoms with van der Waals surface area (Å²) in [5.74, 6) is 0.00129. The minimum atomic E-state index is 0.00129. The Balaban J connectivity index is 2.57. The highest BCUT2D eigenvalue weighted by Crippen LogP contribution is 2.09. The Kier molecular flexibility index (Phi) is 5.53. The second-order valence-corrected chi connectivity index (χ2v) is 4.29. The normalized spacial score (nSPS) is 11.9. The van der Waals surface area contributed by atoms with Crippen LogP contribution in [0.25, 0.3) is 0 Å². The maximum atomic E-state index is 11.8. The number of nitrogens with one attached hydrogen (secondary N) is 2. The van der Waals surface area contributed by atoms with Gasteiger partial charge >= 0.3 is 0 Å². The first kappa shape index (κ1) is 13.6. The number of carbonyl (C=O) groups is 1. The molecule has 0 saturated heterocycles. The third-order valence-electron chi connectivity index (χ3n) is 2.72. The van der Waals surface area contributed by atoms with Crippen LogP contribution in [0.2, 0.25) is 0 Å². The third kappa shape index (κ3) is 4.47. The molecular formula is C14H22N2O. The Hall–Kier alpha value is -1.51. The largest absolute Gasteiger partial charge is 0.385 e. The molecule has 0 fully saturated rings. The lowest BCUT2D eigenvalue weighted by Crippen LogP contribution is -2.31. The summed E-state index contributed by atoms with van der Waals surface area (Å²) < 4.78 is 0. The molecule has 0 aliphatic rings. The molecule has 0 heterocycles. The van der Waals surface area contributed by atoms with Gasteiger partial charge in [-0.1, -0.05) is 13.8 Å². The number of anilines is 1. The van der Waals surface area contributed by atoms with Crippen LogP contribution in [-0.2, 0) is 0 Å². The zero-order valence-electron chi connectivity index (χ0n) is 10.9. The molecule has 1 aromatic carbocycles. The van der Waals surface area contributed by atoms with Crippen molar-refractivity contribution in [3.63, 3.8) is 0 Å². The number of amides is 1. The molecule has 0 aliphatic carbocycles. The van der Waals surface area contributed by atoms with Crippen molar-refractivity contribution in [2.75, 3.05) is 11.9 Å². The van der Waals surface area contributed by atoms with Gasteiger partial charge in [-0.05, 0) is 44.0 Å². The number of rotatable bonds is 6. The van der Waals surface area contributed by atoms with Gasteiger partial charge in [-0.25, -0.2) is 0 Å². The van der Waals surface area contributed by atoms with Gasteiger partial charge in [-0.3, -0.25) is 4.79 Å². The molecule has 0 radical (unpaired) electrons. The number of benzene rings is 1. The first-order valence-corrected chi connectivity index (χ1v) is 6.32. The van der Waals surface area contributed by atoms with Crippen LogP contribution in [0.4, 0.5) is 5.69 Å². The zero-order valence-corrected chi connectivity index (χ0v) is 10.9. The first-order valence-electron chi connectivity index (χ1n) is 6.32. The molecule has 1 amide bonds. The lowest BCUT2D eigenvalue weighted by atomic mass is 10.1. The van der Waals surface area contributed by atoms with E-state index in [0.717, 1.165) is 25.1 Å². The average Bonchev–Trinajstić information content (AvgIpc) is 2.36. The molecule has 2 N–H and O–H groups in total. The van der Waals surface area contributed by atoms with Gasteiger partial charge in [-0.2, -0.15) is 0 Å². The number of carbonyl (C=O) groups excluding carboxylic acids is 1. The van der Waals surface area contributed by atoms with Gasteiger partial charge in [0, 0.05) is 23.8 Å². The van der Waals surface area contributed by atoms with Gasteiger partial charge in [0.15, 0.2) is 0 Å². The summed E-state index contributed by atoms with van der Waals surface area (Å²) in [6.45, 7) is 7.15. The molecule has 0 bridgehead atoms. The van der Waals surface area contributed by atoms with Crippen LogP contribution in [0, 0.1) is 0 Å². The molecular weight excluding hydrogens is 212 g/mol. The lowest BCUT2D eigenvalue weighted by Gasteiger charge is -2.11. The van der Waals surface area contributed by atoms with E-state index in [4.69, 9.17) is 0 Å². The Morgan fingerprint density at radius 2 is 1.88 bits per heavy atom. The van der Waals surface area contributed by atoms with Gasteiger partial charge in [0.25, 0.3) is 5.91 Å². The van der Waals surface area contributed by atoms with Crippen molar-refractivity contribution >= 4 is 11.6 Å². The van der Waals surface area contributed by atoms with Crippen LogP contribution in [0.15, 0.2) is 24.3 Å². The summed E-state index contributed by atoms with van der Waals surface area (Å²) in [7, 11) is 0. The highest BCUT2D eigenvalue weighted by atomic mass is 16.1. The van der Waals surface area contributed by atoms with Crippen molar-refractivity contribution in [3.8, 4) is 0 Å². The van der Waals surface area contributed by atoms with Gasteiger partial charge in [0.2, 0.25) is 0 Å². The molecule has 0 saturated carbocycles. The van der Waals surface area contributed by atoms with E-state index in [1.165, 1.54) is 0 Å². The monoisotopic (exact) mass is 234 g/mol. The molecule has 3 heteroatoms. The fourth-order valence-electron chi connectivity index (χ4n) is 1.42. The Morgan fingerprint density at radius 3 is 2.41 bits per heavy atom. The summed E-state index contributed by atoms with van der Waals surface area (Å²) in [4.78, 5) is 11.8. The van der Waals surface area contributed by atoms with Crippen LogP contribution in [-0.4, -0.2) is 18.5 Å². The quantitative estimate of drug-likeness (QED) is 0.794. The SMILES string of the molecule is CCCNc1ccc(C(=O)NC(C)CC)cc1. The summed E-state index contributed by atoms with van der Waals surface area (Å²) in [5, 5.41) is 6.23. The molecule has 1 rings (SSSR count). The van der Waals surface area contributed by atoms with Gasteiger partial charge in [0.1, 0.15) is 0 Å². The Morgan fingerprint density at radius 1 is 1.24 bits per heavy atom. The smallest absolute Gasteiger partial charge is 0.251 e. The predicted molar refractivity (Wildman–Crippen MR) is 72.4 cm³/mol. The van der Waals surface area contributed by atoms with E-state index in [-0.39, 0.29) is 11.9 Å². The lowest BCUT2D eigenvalue weighted by molar-refractivity contribution is 0.0939. The number of hydrogen-bond acceptors (Lipinski definition) is 2. The van der Waals surface area contributed by atoms with E-state index in [1.807, 2.05) is 31.2 Å². The van der Waals surface area contributed by atoms with E-state index < -0.39 is 0 Å². The average molecular weight is 234 g/mol.